The van der Waals surface area contributed by atoms with Gasteiger partial charge in [-0.25, -0.2) is 0 Å². The highest BCUT2D eigenvalue weighted by Crippen LogP contribution is 2.10. The Morgan fingerprint density at radius 3 is 1.85 bits per heavy atom. The van der Waals surface area contributed by atoms with Crippen LogP contribution in [-0.2, 0) is 4.79 Å². The number of carbonyl (C=O) groups excluding carboxylic acids is 1. The van der Waals surface area contributed by atoms with E-state index in [2.05, 4.69) is 6.92 Å². The van der Waals surface area contributed by atoms with E-state index in [-0.39, 0.29) is 12.3 Å². The van der Waals surface area contributed by atoms with Crippen molar-refractivity contribution in [3.63, 3.8) is 0 Å². The summed E-state index contributed by atoms with van der Waals surface area (Å²) in [5.74, 6) is 0.0518. The average Bonchev–Trinajstić information content (AvgIpc) is 2.39. The second kappa shape index (κ2) is 13.4. The topological polar surface area (TPSA) is 40.5 Å². The molecule has 0 saturated carbocycles. The quantitative estimate of drug-likeness (QED) is 0.517. The maximum absolute atomic E-state index is 11.6. The summed E-state index contributed by atoms with van der Waals surface area (Å²) < 4.78 is 0. The Morgan fingerprint density at radius 1 is 0.950 bits per heavy atom. The minimum absolute atomic E-state index is 0.0518. The number of carbonyl (C=O) groups is 1. The molecule has 0 rings (SSSR count). The first kappa shape index (κ1) is 19.4. The van der Waals surface area contributed by atoms with Gasteiger partial charge in [0.1, 0.15) is 0 Å². The zero-order valence-electron chi connectivity index (χ0n) is 13.9. The van der Waals surface area contributed by atoms with Crippen molar-refractivity contribution >= 4 is 5.91 Å². The molecule has 0 heterocycles. The second-order valence-corrected chi connectivity index (χ2v) is 6.05. The minimum Gasteiger partial charge on any atom is -0.393 e. The van der Waals surface area contributed by atoms with Gasteiger partial charge in [-0.15, -0.1) is 0 Å². The lowest BCUT2D eigenvalue weighted by atomic mass is 10.1. The van der Waals surface area contributed by atoms with Crippen LogP contribution in [-0.4, -0.2) is 35.6 Å². The molecular weight excluding hydrogens is 250 g/mol. The number of aliphatic hydroxyl groups excluding tert-OH is 1. The Kier molecular flexibility index (Phi) is 13.0. The summed E-state index contributed by atoms with van der Waals surface area (Å²) in [4.78, 5) is 13.4. The lowest BCUT2D eigenvalue weighted by Crippen LogP contribution is -2.30. The lowest BCUT2D eigenvalue weighted by Gasteiger charge is -2.17. The van der Waals surface area contributed by atoms with Gasteiger partial charge in [-0.3, -0.25) is 4.79 Å². The molecule has 0 aliphatic heterocycles. The highest BCUT2D eigenvalue weighted by Gasteiger charge is 2.10. The van der Waals surface area contributed by atoms with Crippen molar-refractivity contribution in [2.24, 2.45) is 0 Å². The molecule has 0 aromatic heterocycles. The second-order valence-electron chi connectivity index (χ2n) is 6.05. The summed E-state index contributed by atoms with van der Waals surface area (Å²) in [5.41, 5.74) is 0. The number of amides is 1. The van der Waals surface area contributed by atoms with Crippen LogP contribution in [0.15, 0.2) is 0 Å². The number of nitrogens with zero attached hydrogens (tertiary/aromatic N) is 1. The molecule has 1 N–H and O–H groups in total. The van der Waals surface area contributed by atoms with E-state index in [0.717, 1.165) is 13.0 Å². The molecule has 0 spiro atoms. The van der Waals surface area contributed by atoms with E-state index in [1.165, 1.54) is 57.8 Å². The van der Waals surface area contributed by atoms with Crippen LogP contribution in [0.1, 0.15) is 84.5 Å². The highest BCUT2D eigenvalue weighted by molar-refractivity contribution is 5.76. The number of hydrogen-bond donors (Lipinski definition) is 1. The summed E-state index contributed by atoms with van der Waals surface area (Å²) in [7, 11) is 1.83. The summed E-state index contributed by atoms with van der Waals surface area (Å²) >= 11 is 0. The molecule has 3 nitrogen and oxygen atoms in total. The fourth-order valence-electron chi connectivity index (χ4n) is 2.37. The van der Waals surface area contributed by atoms with Gasteiger partial charge in [0.2, 0.25) is 5.91 Å². The highest BCUT2D eigenvalue weighted by atomic mass is 16.3. The van der Waals surface area contributed by atoms with Gasteiger partial charge >= 0.3 is 0 Å². The molecule has 3 heteroatoms. The maximum atomic E-state index is 11.6. The SMILES string of the molecule is CCCCCCCCCCCCN(C)C(=O)CC(C)O. The van der Waals surface area contributed by atoms with Gasteiger partial charge in [-0.05, 0) is 13.3 Å². The summed E-state index contributed by atoms with van der Waals surface area (Å²) in [6, 6.07) is 0. The molecule has 0 aliphatic rings. The fraction of sp³-hybridized carbons (Fsp3) is 0.941. The number of aliphatic hydroxyl groups is 1. The first-order chi connectivity index (χ1) is 9.57. The Labute approximate surface area is 125 Å². The predicted octanol–water partition coefficient (Wildman–Crippen LogP) is 4.14. The minimum atomic E-state index is -0.530. The van der Waals surface area contributed by atoms with E-state index in [4.69, 9.17) is 0 Å². The average molecular weight is 285 g/mol. The predicted molar refractivity (Wildman–Crippen MR) is 85.8 cm³/mol. The number of hydrogen-bond acceptors (Lipinski definition) is 2. The van der Waals surface area contributed by atoms with Crippen molar-refractivity contribution in [2.45, 2.75) is 90.6 Å². The maximum Gasteiger partial charge on any atom is 0.224 e. The van der Waals surface area contributed by atoms with E-state index in [9.17, 15) is 9.90 Å². The molecule has 0 radical (unpaired) electrons. The van der Waals surface area contributed by atoms with Gasteiger partial charge in [0.05, 0.1) is 12.5 Å². The third-order valence-electron chi connectivity index (χ3n) is 3.74. The van der Waals surface area contributed by atoms with Crippen LogP contribution in [0.4, 0.5) is 0 Å². The van der Waals surface area contributed by atoms with Crippen molar-refractivity contribution in [3.8, 4) is 0 Å². The molecule has 0 fully saturated rings. The Balaban J connectivity index is 3.29. The van der Waals surface area contributed by atoms with E-state index < -0.39 is 6.10 Å². The number of unbranched alkanes of at least 4 members (excludes halogenated alkanes) is 9. The van der Waals surface area contributed by atoms with Gasteiger partial charge < -0.3 is 10.0 Å². The molecule has 1 amide bonds. The normalized spacial score (nSPS) is 12.4. The third-order valence-corrected chi connectivity index (χ3v) is 3.74. The molecule has 0 aliphatic carbocycles. The largest absolute Gasteiger partial charge is 0.393 e. The molecular formula is C17H35NO2. The molecule has 0 aromatic carbocycles. The lowest BCUT2D eigenvalue weighted by molar-refractivity contribution is -0.131. The summed E-state index contributed by atoms with van der Waals surface area (Å²) in [6.07, 6.45) is 12.9. The monoisotopic (exact) mass is 285 g/mol. The van der Waals surface area contributed by atoms with Crippen molar-refractivity contribution in [2.75, 3.05) is 13.6 Å². The van der Waals surface area contributed by atoms with Crippen LogP contribution in [0.2, 0.25) is 0 Å². The van der Waals surface area contributed by atoms with Crippen LogP contribution < -0.4 is 0 Å². The standard InChI is InChI=1S/C17H35NO2/c1-4-5-6-7-8-9-10-11-12-13-14-18(3)17(20)15-16(2)19/h16,19H,4-15H2,1-3H3. The Bertz CT molecular complexity index is 229. The van der Waals surface area contributed by atoms with Crippen molar-refractivity contribution < 1.29 is 9.90 Å². The van der Waals surface area contributed by atoms with Crippen LogP contribution >= 0.6 is 0 Å². The molecule has 0 saturated heterocycles. The van der Waals surface area contributed by atoms with E-state index in [1.807, 2.05) is 7.05 Å². The van der Waals surface area contributed by atoms with Gasteiger partial charge in [-0.2, -0.15) is 0 Å². The van der Waals surface area contributed by atoms with Gasteiger partial charge in [0, 0.05) is 13.6 Å². The van der Waals surface area contributed by atoms with Gasteiger partial charge in [0.15, 0.2) is 0 Å². The van der Waals surface area contributed by atoms with E-state index in [1.54, 1.807) is 11.8 Å². The molecule has 1 atom stereocenters. The fourth-order valence-corrected chi connectivity index (χ4v) is 2.37. The van der Waals surface area contributed by atoms with Crippen molar-refractivity contribution in [1.29, 1.82) is 0 Å². The third kappa shape index (κ3) is 12.5. The first-order valence-electron chi connectivity index (χ1n) is 8.50. The van der Waals surface area contributed by atoms with Crippen LogP contribution in [0.25, 0.3) is 0 Å². The Morgan fingerprint density at radius 2 is 1.40 bits per heavy atom. The van der Waals surface area contributed by atoms with Crippen molar-refractivity contribution in [3.05, 3.63) is 0 Å². The summed E-state index contributed by atoms with van der Waals surface area (Å²) in [6.45, 7) is 4.73. The number of rotatable bonds is 13. The van der Waals surface area contributed by atoms with Gasteiger partial charge in [-0.1, -0.05) is 64.7 Å². The Hall–Kier alpha value is -0.570. The van der Waals surface area contributed by atoms with Crippen LogP contribution in [0, 0.1) is 0 Å². The zero-order valence-corrected chi connectivity index (χ0v) is 13.9. The molecule has 120 valence electrons. The molecule has 20 heavy (non-hydrogen) atoms. The van der Waals surface area contributed by atoms with Gasteiger partial charge in [0.25, 0.3) is 0 Å². The van der Waals surface area contributed by atoms with Crippen LogP contribution in [0.3, 0.4) is 0 Å². The summed E-state index contributed by atoms with van der Waals surface area (Å²) in [5, 5.41) is 9.17. The molecule has 0 bridgehead atoms. The molecule has 1 unspecified atom stereocenters. The smallest absolute Gasteiger partial charge is 0.224 e. The molecule has 0 aromatic rings. The van der Waals surface area contributed by atoms with E-state index in [0.29, 0.717) is 0 Å². The first-order valence-corrected chi connectivity index (χ1v) is 8.50. The zero-order chi connectivity index (χ0) is 15.2. The van der Waals surface area contributed by atoms with Crippen LogP contribution in [0.5, 0.6) is 0 Å². The van der Waals surface area contributed by atoms with E-state index >= 15 is 0 Å². The van der Waals surface area contributed by atoms with Crippen molar-refractivity contribution in [1.82, 2.24) is 4.90 Å².